The summed E-state index contributed by atoms with van der Waals surface area (Å²) in [4.78, 5) is 18.0. The molecule has 1 aliphatic rings. The molecule has 0 radical (unpaired) electrons. The molecule has 0 amide bonds. The molecule has 0 saturated carbocycles. The van der Waals surface area contributed by atoms with Gasteiger partial charge in [0.25, 0.3) is 0 Å². The first-order chi connectivity index (χ1) is 7.68. The highest BCUT2D eigenvalue weighted by molar-refractivity contribution is 5.78. The first-order valence-electron chi connectivity index (χ1n) is 5.85. The summed E-state index contributed by atoms with van der Waals surface area (Å²) in [6, 6.07) is 4.04. The van der Waals surface area contributed by atoms with Gasteiger partial charge >= 0.3 is 0 Å². The maximum absolute atomic E-state index is 11.3. The Morgan fingerprint density at radius 2 is 2.12 bits per heavy atom. The van der Waals surface area contributed by atoms with Crippen LogP contribution in [0.5, 0.6) is 0 Å². The molecule has 1 fully saturated rings. The van der Waals surface area contributed by atoms with Gasteiger partial charge in [0.15, 0.2) is 0 Å². The number of anilines is 1. The molecule has 3 nitrogen and oxygen atoms in total. The van der Waals surface area contributed by atoms with Gasteiger partial charge in [-0.1, -0.05) is 6.07 Å². The highest BCUT2D eigenvalue weighted by atomic mass is 16.1. The minimum atomic E-state index is 0.264. The molecular formula is C13H18N2O. The zero-order valence-electron chi connectivity index (χ0n) is 9.94. The van der Waals surface area contributed by atoms with E-state index in [1.165, 1.54) is 5.56 Å². The fourth-order valence-corrected chi connectivity index (χ4v) is 2.31. The predicted octanol–water partition coefficient (Wildman–Crippen LogP) is 2.20. The van der Waals surface area contributed by atoms with Crippen LogP contribution < -0.4 is 4.90 Å². The number of aryl methyl sites for hydroxylation is 1. The van der Waals surface area contributed by atoms with Crippen LogP contribution in [0.15, 0.2) is 18.3 Å². The zero-order chi connectivity index (χ0) is 11.5. The van der Waals surface area contributed by atoms with E-state index in [-0.39, 0.29) is 5.92 Å². The Balaban J connectivity index is 2.05. The molecule has 2 rings (SSSR count). The minimum Gasteiger partial charge on any atom is -0.356 e. The average molecular weight is 218 g/mol. The van der Waals surface area contributed by atoms with Crippen LogP contribution in [0.3, 0.4) is 0 Å². The van der Waals surface area contributed by atoms with E-state index in [4.69, 9.17) is 0 Å². The average Bonchev–Trinajstić information content (AvgIpc) is 2.30. The van der Waals surface area contributed by atoms with Gasteiger partial charge in [-0.25, -0.2) is 4.98 Å². The van der Waals surface area contributed by atoms with Gasteiger partial charge in [-0.3, -0.25) is 4.79 Å². The molecular weight excluding hydrogens is 200 g/mol. The lowest BCUT2D eigenvalue weighted by Gasteiger charge is -2.32. The molecule has 1 aromatic rings. The van der Waals surface area contributed by atoms with Crippen molar-refractivity contribution in [2.75, 3.05) is 18.0 Å². The summed E-state index contributed by atoms with van der Waals surface area (Å²) in [6.45, 7) is 5.68. The van der Waals surface area contributed by atoms with Crippen molar-refractivity contribution in [3.63, 3.8) is 0 Å². The summed E-state index contributed by atoms with van der Waals surface area (Å²) in [5.41, 5.74) is 1.21. The van der Waals surface area contributed by atoms with Crippen LogP contribution in [0.2, 0.25) is 0 Å². The van der Waals surface area contributed by atoms with Crippen LogP contribution in [0.4, 0.5) is 5.82 Å². The van der Waals surface area contributed by atoms with Crippen LogP contribution in [0, 0.1) is 12.8 Å². The van der Waals surface area contributed by atoms with Crippen LogP contribution in [0.25, 0.3) is 0 Å². The molecule has 86 valence electrons. The fourth-order valence-electron chi connectivity index (χ4n) is 2.31. The molecule has 0 unspecified atom stereocenters. The molecule has 1 aliphatic heterocycles. The van der Waals surface area contributed by atoms with E-state index < -0.39 is 0 Å². The molecule has 16 heavy (non-hydrogen) atoms. The number of nitrogens with zero attached hydrogens (tertiary/aromatic N) is 2. The van der Waals surface area contributed by atoms with E-state index in [1.807, 2.05) is 12.3 Å². The van der Waals surface area contributed by atoms with Gasteiger partial charge in [-0.15, -0.1) is 0 Å². The van der Waals surface area contributed by atoms with Crippen molar-refractivity contribution >= 4 is 11.6 Å². The molecule has 1 aromatic heterocycles. The SMILES string of the molecule is CC(=O)C1CCN(c2ncccc2C)CC1. The Morgan fingerprint density at radius 3 is 2.69 bits per heavy atom. The van der Waals surface area contributed by atoms with Gasteiger partial charge in [0.1, 0.15) is 11.6 Å². The Morgan fingerprint density at radius 1 is 1.44 bits per heavy atom. The second kappa shape index (κ2) is 4.64. The topological polar surface area (TPSA) is 33.2 Å². The molecule has 0 spiro atoms. The molecule has 0 aromatic carbocycles. The molecule has 0 N–H and O–H groups in total. The van der Waals surface area contributed by atoms with E-state index in [9.17, 15) is 4.79 Å². The van der Waals surface area contributed by atoms with Crippen molar-refractivity contribution in [3.8, 4) is 0 Å². The number of hydrogen-bond donors (Lipinski definition) is 0. The molecule has 1 saturated heterocycles. The zero-order valence-corrected chi connectivity index (χ0v) is 9.94. The highest BCUT2D eigenvalue weighted by Gasteiger charge is 2.23. The number of ketones is 1. The molecule has 0 aliphatic carbocycles. The summed E-state index contributed by atoms with van der Waals surface area (Å²) in [5, 5.41) is 0. The quantitative estimate of drug-likeness (QED) is 0.763. The van der Waals surface area contributed by atoms with Crippen molar-refractivity contribution in [3.05, 3.63) is 23.9 Å². The first-order valence-corrected chi connectivity index (χ1v) is 5.85. The lowest BCUT2D eigenvalue weighted by atomic mass is 9.93. The van der Waals surface area contributed by atoms with Crippen LogP contribution >= 0.6 is 0 Å². The summed E-state index contributed by atoms with van der Waals surface area (Å²) in [7, 11) is 0. The summed E-state index contributed by atoms with van der Waals surface area (Å²) >= 11 is 0. The van der Waals surface area contributed by atoms with Crippen LogP contribution in [-0.4, -0.2) is 23.9 Å². The molecule has 2 heterocycles. The number of Topliss-reactive ketones (excluding diaryl/α,β-unsaturated/α-hetero) is 1. The molecule has 3 heteroatoms. The maximum Gasteiger partial charge on any atom is 0.133 e. The maximum atomic E-state index is 11.3. The van der Waals surface area contributed by atoms with Gasteiger partial charge in [0, 0.05) is 25.2 Å². The van der Waals surface area contributed by atoms with Crippen molar-refractivity contribution in [1.29, 1.82) is 0 Å². The van der Waals surface area contributed by atoms with Crippen molar-refractivity contribution in [2.24, 2.45) is 5.92 Å². The number of hydrogen-bond acceptors (Lipinski definition) is 3. The number of aromatic nitrogens is 1. The van der Waals surface area contributed by atoms with Crippen LogP contribution in [0.1, 0.15) is 25.3 Å². The smallest absolute Gasteiger partial charge is 0.133 e. The monoisotopic (exact) mass is 218 g/mol. The Kier molecular flexibility index (Phi) is 3.22. The standard InChI is InChI=1S/C13H18N2O/c1-10-4-3-7-14-13(10)15-8-5-12(6-9-15)11(2)16/h3-4,7,12H,5-6,8-9H2,1-2H3. The second-order valence-corrected chi connectivity index (χ2v) is 4.52. The Labute approximate surface area is 96.5 Å². The normalized spacial score (nSPS) is 17.5. The van der Waals surface area contributed by atoms with Crippen LogP contribution in [-0.2, 0) is 4.79 Å². The fraction of sp³-hybridized carbons (Fsp3) is 0.538. The van der Waals surface area contributed by atoms with Crippen molar-refractivity contribution in [2.45, 2.75) is 26.7 Å². The Bertz CT molecular complexity index is 381. The molecule has 0 bridgehead atoms. The minimum absolute atomic E-state index is 0.264. The van der Waals surface area contributed by atoms with E-state index in [1.54, 1.807) is 6.92 Å². The van der Waals surface area contributed by atoms with E-state index >= 15 is 0 Å². The number of piperidine rings is 1. The largest absolute Gasteiger partial charge is 0.356 e. The van der Waals surface area contributed by atoms with E-state index in [0.717, 1.165) is 31.7 Å². The third-order valence-electron chi connectivity index (χ3n) is 3.35. The third-order valence-corrected chi connectivity index (χ3v) is 3.35. The van der Waals surface area contributed by atoms with Gasteiger partial charge in [-0.2, -0.15) is 0 Å². The number of rotatable bonds is 2. The number of carbonyl (C=O) groups is 1. The summed E-state index contributed by atoms with van der Waals surface area (Å²) in [5.74, 6) is 1.67. The van der Waals surface area contributed by atoms with E-state index in [2.05, 4.69) is 22.9 Å². The predicted molar refractivity (Wildman–Crippen MR) is 64.6 cm³/mol. The summed E-state index contributed by atoms with van der Waals surface area (Å²) in [6.07, 6.45) is 3.76. The van der Waals surface area contributed by atoms with Gasteiger partial charge in [0.2, 0.25) is 0 Å². The first kappa shape index (κ1) is 11.1. The Hall–Kier alpha value is -1.38. The van der Waals surface area contributed by atoms with Crippen molar-refractivity contribution in [1.82, 2.24) is 4.98 Å². The lowest BCUT2D eigenvalue weighted by Crippen LogP contribution is -2.36. The third kappa shape index (κ3) is 2.23. The number of pyridine rings is 1. The lowest BCUT2D eigenvalue weighted by molar-refractivity contribution is -0.121. The highest BCUT2D eigenvalue weighted by Crippen LogP contribution is 2.24. The summed E-state index contributed by atoms with van der Waals surface area (Å²) < 4.78 is 0. The van der Waals surface area contributed by atoms with Gasteiger partial charge in [-0.05, 0) is 38.3 Å². The van der Waals surface area contributed by atoms with E-state index in [0.29, 0.717) is 5.78 Å². The van der Waals surface area contributed by atoms with Gasteiger partial charge < -0.3 is 4.90 Å². The number of carbonyl (C=O) groups excluding carboxylic acids is 1. The molecule has 0 atom stereocenters. The van der Waals surface area contributed by atoms with Crippen molar-refractivity contribution < 1.29 is 4.79 Å². The second-order valence-electron chi connectivity index (χ2n) is 4.52. The van der Waals surface area contributed by atoms with Gasteiger partial charge in [0.05, 0.1) is 0 Å².